The highest BCUT2D eigenvalue weighted by molar-refractivity contribution is 8.00. The van der Waals surface area contributed by atoms with E-state index in [1.807, 2.05) is 12.1 Å². The van der Waals surface area contributed by atoms with E-state index < -0.39 is 9.84 Å². The zero-order valence-corrected chi connectivity index (χ0v) is 20.6. The fourth-order valence-corrected chi connectivity index (χ4v) is 6.83. The van der Waals surface area contributed by atoms with Crippen LogP contribution in [0, 0.1) is 5.82 Å². The Morgan fingerprint density at radius 2 is 1.66 bits per heavy atom. The van der Waals surface area contributed by atoms with Gasteiger partial charge in [-0.15, -0.1) is 11.3 Å². The van der Waals surface area contributed by atoms with Gasteiger partial charge in [-0.3, -0.25) is 0 Å². The molecule has 0 fully saturated rings. The molecular weight excluding hydrogens is 508 g/mol. The van der Waals surface area contributed by atoms with Gasteiger partial charge in [-0.1, -0.05) is 53.2 Å². The molecule has 164 valence electrons. The van der Waals surface area contributed by atoms with Crippen LogP contribution in [0.4, 0.5) is 4.39 Å². The minimum atomic E-state index is -3.46. The summed E-state index contributed by atoms with van der Waals surface area (Å²) in [6.45, 7) is 0. The first-order valence-electron chi connectivity index (χ1n) is 9.35. The third-order valence-electron chi connectivity index (χ3n) is 4.54. The largest absolute Gasteiger partial charge is 0.229 e. The topological polar surface area (TPSA) is 47.0 Å². The molecule has 4 aromatic rings. The van der Waals surface area contributed by atoms with Gasteiger partial charge in [0.2, 0.25) is 0 Å². The van der Waals surface area contributed by atoms with Crippen LogP contribution in [-0.2, 0) is 15.6 Å². The molecular formula is C23H16Cl2FNO2S3. The number of rotatable bonds is 6. The molecule has 0 aliphatic heterocycles. The lowest BCUT2D eigenvalue weighted by Crippen LogP contribution is -1.99. The Hall–Kier alpha value is -1.90. The van der Waals surface area contributed by atoms with Gasteiger partial charge in [-0.05, 0) is 54.1 Å². The van der Waals surface area contributed by atoms with E-state index in [2.05, 4.69) is 0 Å². The van der Waals surface area contributed by atoms with E-state index in [1.165, 1.54) is 41.5 Å². The third kappa shape index (κ3) is 5.35. The minimum absolute atomic E-state index is 0.227. The van der Waals surface area contributed by atoms with Gasteiger partial charge in [-0.25, -0.2) is 17.8 Å². The van der Waals surface area contributed by atoms with Crippen LogP contribution in [0.1, 0.15) is 5.56 Å². The number of thiazole rings is 1. The van der Waals surface area contributed by atoms with E-state index in [-0.39, 0.29) is 10.7 Å². The minimum Gasteiger partial charge on any atom is -0.229 e. The second-order valence-electron chi connectivity index (χ2n) is 7.00. The normalized spacial score (nSPS) is 11.6. The Morgan fingerprint density at radius 3 is 2.31 bits per heavy atom. The molecule has 3 nitrogen and oxygen atoms in total. The highest BCUT2D eigenvalue weighted by Crippen LogP contribution is 2.43. The highest BCUT2D eigenvalue weighted by Gasteiger charge is 2.21. The Labute approximate surface area is 204 Å². The Bertz CT molecular complexity index is 1370. The van der Waals surface area contributed by atoms with Gasteiger partial charge >= 0.3 is 0 Å². The molecule has 0 saturated carbocycles. The molecule has 0 bridgehead atoms. The van der Waals surface area contributed by atoms with Crippen LogP contribution in [0.5, 0.6) is 0 Å². The predicted octanol–water partition coefficient (Wildman–Crippen LogP) is 7.62. The van der Waals surface area contributed by atoms with E-state index >= 15 is 0 Å². The zero-order chi connectivity index (χ0) is 22.9. The summed E-state index contributed by atoms with van der Waals surface area (Å²) in [5.41, 5.74) is 2.84. The quantitative estimate of drug-likeness (QED) is 0.244. The predicted molar refractivity (Wildman–Crippen MR) is 132 cm³/mol. The van der Waals surface area contributed by atoms with Gasteiger partial charge in [0, 0.05) is 33.2 Å². The number of sulfone groups is 1. The van der Waals surface area contributed by atoms with Crippen molar-refractivity contribution in [3.05, 3.63) is 88.2 Å². The molecule has 0 radical (unpaired) electrons. The molecule has 0 aliphatic carbocycles. The zero-order valence-electron chi connectivity index (χ0n) is 16.7. The van der Waals surface area contributed by atoms with Crippen molar-refractivity contribution in [2.45, 2.75) is 15.0 Å². The number of halogens is 3. The lowest BCUT2D eigenvalue weighted by Gasteiger charge is -2.08. The van der Waals surface area contributed by atoms with Crippen LogP contribution in [0.15, 0.2) is 76.0 Å². The van der Waals surface area contributed by atoms with E-state index in [1.54, 1.807) is 42.5 Å². The maximum absolute atomic E-state index is 13.5. The van der Waals surface area contributed by atoms with E-state index in [0.717, 1.165) is 9.90 Å². The Balaban J connectivity index is 1.79. The van der Waals surface area contributed by atoms with Gasteiger partial charge in [0.15, 0.2) is 14.2 Å². The smallest absolute Gasteiger partial charge is 0.176 e. The van der Waals surface area contributed by atoms with Crippen molar-refractivity contribution in [1.82, 2.24) is 4.98 Å². The molecule has 3 aromatic carbocycles. The summed E-state index contributed by atoms with van der Waals surface area (Å²) in [6.07, 6.45) is 1.18. The van der Waals surface area contributed by atoms with Crippen molar-refractivity contribution in [1.29, 1.82) is 0 Å². The maximum atomic E-state index is 13.5. The number of aromatic nitrogens is 1. The van der Waals surface area contributed by atoms with Crippen LogP contribution in [0.25, 0.3) is 21.7 Å². The Kier molecular flexibility index (Phi) is 6.93. The molecule has 1 heterocycles. The lowest BCUT2D eigenvalue weighted by atomic mass is 10.1. The Morgan fingerprint density at radius 1 is 1.00 bits per heavy atom. The summed E-state index contributed by atoms with van der Waals surface area (Å²) in [4.78, 5) is 5.71. The number of hydrogen-bond donors (Lipinski definition) is 0. The standard InChI is InChI=1S/C23H16Cl2FNO2S3/c1-32(28,29)20-5-3-2-4-19(20)22-21(15-6-8-18(26)9-7-15)27-23(31-22)30-13-14-10-16(24)12-17(25)11-14/h2-12H,13H2,1H3. The van der Waals surface area contributed by atoms with E-state index in [0.29, 0.717) is 37.5 Å². The van der Waals surface area contributed by atoms with Crippen LogP contribution in [0.2, 0.25) is 10.0 Å². The number of hydrogen-bond acceptors (Lipinski definition) is 5. The van der Waals surface area contributed by atoms with Gasteiger partial charge in [-0.2, -0.15) is 0 Å². The highest BCUT2D eigenvalue weighted by atomic mass is 35.5. The summed E-state index contributed by atoms with van der Waals surface area (Å²) >= 11 is 15.1. The molecule has 0 unspecified atom stereocenters. The maximum Gasteiger partial charge on any atom is 0.176 e. The summed E-state index contributed by atoms with van der Waals surface area (Å²) in [5.74, 6) is 0.235. The van der Waals surface area contributed by atoms with Crippen LogP contribution >= 0.6 is 46.3 Å². The fraction of sp³-hybridized carbons (Fsp3) is 0.0870. The van der Waals surface area contributed by atoms with E-state index in [9.17, 15) is 12.8 Å². The van der Waals surface area contributed by atoms with Gasteiger partial charge < -0.3 is 0 Å². The molecule has 0 aliphatic rings. The van der Waals surface area contributed by atoms with Crippen LogP contribution in [0.3, 0.4) is 0 Å². The van der Waals surface area contributed by atoms with Crippen LogP contribution in [-0.4, -0.2) is 19.7 Å². The SMILES string of the molecule is CS(=O)(=O)c1ccccc1-c1sc(SCc2cc(Cl)cc(Cl)c2)nc1-c1ccc(F)cc1. The number of thioether (sulfide) groups is 1. The third-order valence-corrected chi connectivity index (χ3v) is 8.44. The van der Waals surface area contributed by atoms with Crippen LogP contribution < -0.4 is 0 Å². The molecule has 4 rings (SSSR count). The fourth-order valence-electron chi connectivity index (χ4n) is 3.17. The first-order chi connectivity index (χ1) is 15.2. The summed E-state index contributed by atoms with van der Waals surface area (Å²) < 4.78 is 39.1. The van der Waals surface area contributed by atoms with Crippen molar-refractivity contribution in [3.8, 4) is 21.7 Å². The molecule has 0 atom stereocenters. The summed E-state index contributed by atoms with van der Waals surface area (Å²) in [5, 5.41) is 1.11. The van der Waals surface area contributed by atoms with Crippen molar-refractivity contribution in [2.24, 2.45) is 0 Å². The lowest BCUT2D eigenvalue weighted by molar-refractivity contribution is 0.602. The average Bonchev–Trinajstić information content (AvgIpc) is 3.16. The first kappa shape index (κ1) is 23.3. The monoisotopic (exact) mass is 523 g/mol. The van der Waals surface area contributed by atoms with Gasteiger partial charge in [0.05, 0.1) is 15.5 Å². The summed E-state index contributed by atoms with van der Waals surface area (Å²) in [6, 6.07) is 18.2. The van der Waals surface area contributed by atoms with Crippen molar-refractivity contribution in [3.63, 3.8) is 0 Å². The first-order valence-corrected chi connectivity index (χ1v) is 13.8. The van der Waals surface area contributed by atoms with Gasteiger partial charge in [0.25, 0.3) is 0 Å². The van der Waals surface area contributed by atoms with Crippen molar-refractivity contribution < 1.29 is 12.8 Å². The number of benzene rings is 3. The molecule has 1 aromatic heterocycles. The molecule has 0 amide bonds. The molecule has 0 saturated heterocycles. The molecule has 32 heavy (non-hydrogen) atoms. The summed E-state index contributed by atoms with van der Waals surface area (Å²) in [7, 11) is -3.46. The molecule has 9 heteroatoms. The number of nitrogens with zero attached hydrogens (tertiary/aromatic N) is 1. The second-order valence-corrected chi connectivity index (χ2v) is 12.1. The van der Waals surface area contributed by atoms with E-state index in [4.69, 9.17) is 28.2 Å². The molecule has 0 N–H and O–H groups in total. The van der Waals surface area contributed by atoms with Gasteiger partial charge in [0.1, 0.15) is 5.82 Å². The average molecular weight is 524 g/mol. The van der Waals surface area contributed by atoms with Crippen molar-refractivity contribution >= 4 is 56.1 Å². The van der Waals surface area contributed by atoms with Crippen molar-refractivity contribution in [2.75, 3.05) is 6.26 Å². The molecule has 0 spiro atoms. The second kappa shape index (κ2) is 9.53.